The minimum atomic E-state index is -0.702. The zero-order chi connectivity index (χ0) is 18.3. The van der Waals surface area contributed by atoms with Crippen molar-refractivity contribution in [2.75, 3.05) is 13.1 Å². The van der Waals surface area contributed by atoms with E-state index in [1.54, 1.807) is 4.90 Å². The Morgan fingerprint density at radius 2 is 2.00 bits per heavy atom. The van der Waals surface area contributed by atoms with Crippen molar-refractivity contribution in [3.8, 4) is 11.5 Å². The molecule has 1 atom stereocenters. The highest BCUT2D eigenvalue weighted by Crippen LogP contribution is 2.28. The van der Waals surface area contributed by atoms with Crippen molar-refractivity contribution in [1.82, 2.24) is 15.2 Å². The zero-order valence-corrected chi connectivity index (χ0v) is 13.9. The van der Waals surface area contributed by atoms with Gasteiger partial charge in [-0.3, -0.25) is 9.59 Å². The van der Waals surface area contributed by atoms with Crippen LogP contribution in [0.2, 0.25) is 0 Å². The molecular formula is C18H17F2N3O3. The molecule has 2 amide bonds. The molecule has 1 fully saturated rings. The van der Waals surface area contributed by atoms with Gasteiger partial charge in [0.15, 0.2) is 0 Å². The Labute approximate surface area is 148 Å². The van der Waals surface area contributed by atoms with Crippen LogP contribution in [0.4, 0.5) is 8.78 Å². The number of rotatable bonds is 2. The van der Waals surface area contributed by atoms with E-state index in [2.05, 4.69) is 10.3 Å². The Balaban J connectivity index is 1.51. The van der Waals surface area contributed by atoms with Crippen LogP contribution >= 0.6 is 0 Å². The van der Waals surface area contributed by atoms with Gasteiger partial charge in [0.25, 0.3) is 0 Å². The maximum Gasteiger partial charge on any atom is 0.227 e. The Morgan fingerprint density at radius 1 is 1.23 bits per heavy atom. The van der Waals surface area contributed by atoms with Gasteiger partial charge >= 0.3 is 0 Å². The van der Waals surface area contributed by atoms with Gasteiger partial charge in [-0.05, 0) is 18.6 Å². The molecule has 0 saturated carbocycles. The summed E-state index contributed by atoms with van der Waals surface area (Å²) in [6, 6.07) is 3.11. The van der Waals surface area contributed by atoms with Gasteiger partial charge in [0, 0.05) is 37.6 Å². The van der Waals surface area contributed by atoms with Crippen LogP contribution in [0.1, 0.15) is 24.3 Å². The number of piperidine rings is 1. The summed E-state index contributed by atoms with van der Waals surface area (Å²) in [5.74, 6) is -0.897. The molecule has 0 bridgehead atoms. The first-order valence-electron chi connectivity index (χ1n) is 8.50. The van der Waals surface area contributed by atoms with E-state index < -0.39 is 11.6 Å². The molecule has 0 spiro atoms. The van der Waals surface area contributed by atoms with Crippen LogP contribution in [0, 0.1) is 17.6 Å². The fourth-order valence-corrected chi connectivity index (χ4v) is 3.39. The van der Waals surface area contributed by atoms with E-state index in [1.807, 2.05) is 0 Å². The van der Waals surface area contributed by atoms with Crippen LogP contribution < -0.4 is 5.32 Å². The number of benzene rings is 1. The van der Waals surface area contributed by atoms with Crippen molar-refractivity contribution in [1.29, 1.82) is 0 Å². The van der Waals surface area contributed by atoms with Gasteiger partial charge in [0.1, 0.15) is 23.1 Å². The van der Waals surface area contributed by atoms with E-state index >= 15 is 0 Å². The predicted molar refractivity (Wildman–Crippen MR) is 86.7 cm³/mol. The number of hydrogen-bond acceptors (Lipinski definition) is 4. The molecule has 2 aliphatic rings. The molecule has 4 rings (SSSR count). The van der Waals surface area contributed by atoms with Gasteiger partial charge in [0.05, 0.1) is 12.5 Å². The SMILES string of the molecule is O=C1CCC(C(=O)N2CCc3oc(-c4cc(F)cc(F)c4)nc3C2)CN1. The molecule has 2 aliphatic heterocycles. The third-order valence-corrected chi connectivity index (χ3v) is 4.76. The van der Waals surface area contributed by atoms with Crippen molar-refractivity contribution in [2.45, 2.75) is 25.8 Å². The number of carbonyl (C=O) groups excluding carboxylic acids is 2. The summed E-state index contributed by atoms with van der Waals surface area (Å²) in [6.07, 6.45) is 1.39. The average Bonchev–Trinajstić information content (AvgIpc) is 3.04. The van der Waals surface area contributed by atoms with Gasteiger partial charge in [-0.25, -0.2) is 13.8 Å². The highest BCUT2D eigenvalue weighted by molar-refractivity contribution is 5.83. The number of fused-ring (bicyclic) bond motifs is 1. The maximum atomic E-state index is 13.4. The molecule has 3 heterocycles. The quantitative estimate of drug-likeness (QED) is 0.888. The molecule has 0 radical (unpaired) electrons. The lowest BCUT2D eigenvalue weighted by molar-refractivity contribution is -0.138. The summed E-state index contributed by atoms with van der Waals surface area (Å²) in [5, 5.41) is 2.72. The van der Waals surface area contributed by atoms with E-state index in [-0.39, 0.29) is 29.2 Å². The summed E-state index contributed by atoms with van der Waals surface area (Å²) < 4.78 is 32.5. The molecule has 1 N–H and O–H groups in total. The Morgan fingerprint density at radius 3 is 2.69 bits per heavy atom. The Bertz CT molecular complexity index is 850. The highest BCUT2D eigenvalue weighted by Gasteiger charge is 2.32. The lowest BCUT2D eigenvalue weighted by Crippen LogP contribution is -2.46. The molecule has 8 heteroatoms. The monoisotopic (exact) mass is 361 g/mol. The van der Waals surface area contributed by atoms with E-state index in [0.717, 1.165) is 18.2 Å². The van der Waals surface area contributed by atoms with Gasteiger partial charge in [-0.15, -0.1) is 0 Å². The van der Waals surface area contributed by atoms with Crippen LogP contribution in [0.5, 0.6) is 0 Å². The second-order valence-electron chi connectivity index (χ2n) is 6.60. The molecule has 1 aromatic carbocycles. The summed E-state index contributed by atoms with van der Waals surface area (Å²) in [5.41, 5.74) is 0.828. The molecule has 1 saturated heterocycles. The number of nitrogens with one attached hydrogen (secondary N) is 1. The molecule has 0 aliphatic carbocycles. The number of halogens is 2. The average molecular weight is 361 g/mol. The molecule has 1 aromatic heterocycles. The number of carbonyl (C=O) groups is 2. The van der Waals surface area contributed by atoms with Gasteiger partial charge in [-0.1, -0.05) is 0 Å². The first-order valence-corrected chi connectivity index (χ1v) is 8.50. The van der Waals surface area contributed by atoms with Crippen LogP contribution in [0.15, 0.2) is 22.6 Å². The van der Waals surface area contributed by atoms with Crippen molar-refractivity contribution in [3.63, 3.8) is 0 Å². The summed E-state index contributed by atoms with van der Waals surface area (Å²) in [4.78, 5) is 29.9. The number of hydrogen-bond donors (Lipinski definition) is 1. The maximum absolute atomic E-state index is 13.4. The van der Waals surface area contributed by atoms with Crippen molar-refractivity contribution < 1.29 is 22.8 Å². The van der Waals surface area contributed by atoms with Gasteiger partial charge in [0.2, 0.25) is 17.7 Å². The van der Waals surface area contributed by atoms with Crippen molar-refractivity contribution in [2.24, 2.45) is 5.92 Å². The molecule has 26 heavy (non-hydrogen) atoms. The normalized spacial score (nSPS) is 19.8. The minimum absolute atomic E-state index is 0.0167. The van der Waals surface area contributed by atoms with E-state index in [9.17, 15) is 18.4 Å². The molecule has 6 nitrogen and oxygen atoms in total. The Kier molecular flexibility index (Phi) is 4.18. The number of nitrogens with zero attached hydrogens (tertiary/aromatic N) is 2. The summed E-state index contributed by atoms with van der Waals surface area (Å²) in [7, 11) is 0. The predicted octanol–water partition coefficient (Wildman–Crippen LogP) is 2.03. The van der Waals surface area contributed by atoms with Crippen LogP contribution in [0.25, 0.3) is 11.5 Å². The zero-order valence-electron chi connectivity index (χ0n) is 13.9. The fraction of sp³-hybridized carbons (Fsp3) is 0.389. The molecule has 1 unspecified atom stereocenters. The second-order valence-corrected chi connectivity index (χ2v) is 6.60. The standard InChI is InChI=1S/C18H17F2N3O3/c19-12-5-11(6-13(20)7-12)17-22-14-9-23(4-3-15(14)26-17)18(25)10-1-2-16(24)21-8-10/h5-7,10H,1-4,8-9H2,(H,21,24). The van der Waals surface area contributed by atoms with Crippen molar-refractivity contribution >= 4 is 11.8 Å². The first kappa shape index (κ1) is 16.7. The number of oxazole rings is 1. The largest absolute Gasteiger partial charge is 0.441 e. The number of aromatic nitrogens is 1. The van der Waals surface area contributed by atoms with E-state index in [1.165, 1.54) is 0 Å². The summed E-state index contributed by atoms with van der Waals surface area (Å²) in [6.45, 7) is 1.13. The fourth-order valence-electron chi connectivity index (χ4n) is 3.39. The lowest BCUT2D eigenvalue weighted by Gasteiger charge is -2.31. The molecule has 2 aromatic rings. The summed E-state index contributed by atoms with van der Waals surface area (Å²) >= 11 is 0. The third-order valence-electron chi connectivity index (χ3n) is 4.76. The van der Waals surface area contributed by atoms with Gasteiger partial charge < -0.3 is 14.6 Å². The van der Waals surface area contributed by atoms with E-state index in [4.69, 9.17) is 4.42 Å². The molecular weight excluding hydrogens is 344 g/mol. The van der Waals surface area contributed by atoms with Crippen molar-refractivity contribution in [3.05, 3.63) is 41.3 Å². The van der Waals surface area contributed by atoms with Gasteiger partial charge in [-0.2, -0.15) is 0 Å². The highest BCUT2D eigenvalue weighted by atomic mass is 19.1. The van der Waals surface area contributed by atoms with Crippen LogP contribution in [-0.4, -0.2) is 34.8 Å². The third kappa shape index (κ3) is 3.18. The lowest BCUT2D eigenvalue weighted by atomic mass is 9.97. The smallest absolute Gasteiger partial charge is 0.227 e. The Hall–Kier alpha value is -2.77. The second kappa shape index (κ2) is 6.51. The minimum Gasteiger partial charge on any atom is -0.441 e. The number of amides is 2. The first-order chi connectivity index (χ1) is 12.5. The van der Waals surface area contributed by atoms with E-state index in [0.29, 0.717) is 50.4 Å². The van der Waals surface area contributed by atoms with Crippen LogP contribution in [-0.2, 0) is 22.6 Å². The topological polar surface area (TPSA) is 75.4 Å². The molecule has 136 valence electrons. The van der Waals surface area contributed by atoms with Crippen LogP contribution in [0.3, 0.4) is 0 Å².